The quantitative estimate of drug-likeness (QED) is 0.301. The zero-order chi connectivity index (χ0) is 32.1. The maximum atomic E-state index is 14.0. The van der Waals surface area contributed by atoms with Gasteiger partial charge in [-0.15, -0.1) is 0 Å². The average molecular weight is 633 g/mol. The number of amides is 2. The van der Waals surface area contributed by atoms with E-state index in [9.17, 15) is 40.6 Å². The highest BCUT2D eigenvalue weighted by Gasteiger charge is 2.37. The molecule has 0 saturated carbocycles. The number of aliphatic hydroxyl groups is 1. The third-order valence-corrected chi connectivity index (χ3v) is 6.74. The van der Waals surface area contributed by atoms with E-state index >= 15 is 0 Å². The number of ether oxygens (including phenoxy) is 2. The van der Waals surface area contributed by atoms with Crippen LogP contribution >= 0.6 is 0 Å². The second kappa shape index (κ2) is 13.6. The lowest BCUT2D eigenvalue weighted by atomic mass is 9.86. The molecular weight excluding hydrogens is 605 g/mol. The monoisotopic (exact) mass is 632 g/mol. The summed E-state index contributed by atoms with van der Waals surface area (Å²) in [6.07, 6.45) is -3.87. The van der Waals surface area contributed by atoms with Crippen LogP contribution in [-0.4, -0.2) is 75.1 Å². The molecular formula is C27H27F7N6O4. The molecule has 0 spiro atoms. The van der Waals surface area contributed by atoms with Gasteiger partial charge in [0.25, 0.3) is 0 Å². The molecule has 1 fully saturated rings. The van der Waals surface area contributed by atoms with Crippen LogP contribution in [-0.2, 0) is 11.8 Å². The second-order valence-corrected chi connectivity index (χ2v) is 10.1. The van der Waals surface area contributed by atoms with Crippen LogP contribution < -0.4 is 14.8 Å². The van der Waals surface area contributed by atoms with E-state index < -0.39 is 78.8 Å². The molecule has 1 aliphatic heterocycles. The van der Waals surface area contributed by atoms with E-state index in [1.807, 2.05) is 0 Å². The van der Waals surface area contributed by atoms with Crippen molar-refractivity contribution in [2.24, 2.45) is 0 Å². The fraction of sp³-hybridized carbons (Fsp3) is 0.444. The first kappa shape index (κ1) is 32.6. The highest BCUT2D eigenvalue weighted by molar-refractivity contribution is 5.89. The van der Waals surface area contributed by atoms with Gasteiger partial charge in [0.15, 0.2) is 6.10 Å². The Balaban J connectivity index is 1.54. The Morgan fingerprint density at radius 3 is 2.36 bits per heavy atom. The summed E-state index contributed by atoms with van der Waals surface area (Å²) < 4.78 is 104. The molecule has 3 aromatic rings. The maximum absolute atomic E-state index is 14.0. The number of urea groups is 1. The molecule has 2 N–H and O–H groups in total. The van der Waals surface area contributed by atoms with Crippen molar-refractivity contribution >= 4 is 11.7 Å². The van der Waals surface area contributed by atoms with E-state index in [1.54, 1.807) is 0 Å². The molecule has 44 heavy (non-hydrogen) atoms. The number of carbonyl (C=O) groups is 1. The van der Waals surface area contributed by atoms with Gasteiger partial charge < -0.3 is 24.8 Å². The van der Waals surface area contributed by atoms with Crippen LogP contribution in [0.15, 0.2) is 36.7 Å². The van der Waals surface area contributed by atoms with Crippen molar-refractivity contribution in [3.05, 3.63) is 65.4 Å². The standard InChI is InChI=1S/C27H27F7N6O4/c1-26(42,14-43-20-5-8-35-23(37-20)27(32,33)34)17-13-36-24(44-16(11-28)12-29)38-21(17)15-6-9-40(10-7-15)25(41)39-22-18(30)3-2-4-19(22)31/h2-5,8,13,15-16,42H,6-7,9-12,14H2,1H3,(H,39,41). The predicted molar refractivity (Wildman–Crippen MR) is 139 cm³/mol. The molecule has 0 bridgehead atoms. The lowest BCUT2D eigenvalue weighted by Gasteiger charge is -2.34. The van der Waals surface area contributed by atoms with Gasteiger partial charge in [-0.05, 0) is 31.9 Å². The van der Waals surface area contributed by atoms with E-state index in [2.05, 4.69) is 25.3 Å². The molecule has 2 aromatic heterocycles. The molecule has 4 rings (SSSR count). The summed E-state index contributed by atoms with van der Waals surface area (Å²) in [7, 11) is 0. The van der Waals surface area contributed by atoms with Crippen LogP contribution in [0.25, 0.3) is 0 Å². The third kappa shape index (κ3) is 7.81. The van der Waals surface area contributed by atoms with Gasteiger partial charge in [-0.25, -0.2) is 32.3 Å². The normalized spacial score (nSPS) is 15.6. The van der Waals surface area contributed by atoms with E-state index in [-0.39, 0.29) is 43.2 Å². The van der Waals surface area contributed by atoms with Crippen molar-refractivity contribution < 1.29 is 50.1 Å². The summed E-state index contributed by atoms with van der Waals surface area (Å²) >= 11 is 0. The van der Waals surface area contributed by atoms with Crippen LogP contribution in [0.1, 0.15) is 42.8 Å². The number of hydrogen-bond donors (Lipinski definition) is 2. The van der Waals surface area contributed by atoms with E-state index in [1.165, 1.54) is 11.8 Å². The molecule has 2 amide bonds. The van der Waals surface area contributed by atoms with E-state index in [0.29, 0.717) is 0 Å². The Bertz CT molecular complexity index is 1430. The predicted octanol–water partition coefficient (Wildman–Crippen LogP) is 4.95. The smallest absolute Gasteiger partial charge is 0.451 e. The summed E-state index contributed by atoms with van der Waals surface area (Å²) in [6.45, 7) is -1.48. The van der Waals surface area contributed by atoms with Gasteiger partial charge >= 0.3 is 18.2 Å². The number of nitrogens with zero attached hydrogens (tertiary/aromatic N) is 5. The van der Waals surface area contributed by atoms with Crippen LogP contribution in [0.2, 0.25) is 0 Å². The number of nitrogens with one attached hydrogen (secondary N) is 1. The Kier molecular flexibility index (Phi) is 10.1. The molecule has 17 heteroatoms. The second-order valence-electron chi connectivity index (χ2n) is 10.1. The lowest BCUT2D eigenvalue weighted by molar-refractivity contribution is -0.145. The van der Waals surface area contributed by atoms with Gasteiger partial charge in [-0.2, -0.15) is 23.1 Å². The summed E-state index contributed by atoms with van der Waals surface area (Å²) in [5, 5.41) is 13.5. The minimum absolute atomic E-state index is 0.0725. The number of aromatic nitrogens is 4. The van der Waals surface area contributed by atoms with Crippen LogP contribution in [0, 0.1) is 11.6 Å². The first-order valence-electron chi connectivity index (χ1n) is 13.2. The zero-order valence-corrected chi connectivity index (χ0v) is 23.1. The van der Waals surface area contributed by atoms with Gasteiger partial charge in [-0.1, -0.05) is 6.07 Å². The SMILES string of the molecule is CC(O)(COc1ccnc(C(F)(F)F)n1)c1cnc(OC(CF)CF)nc1C1CCN(C(=O)Nc2c(F)cccc2F)CC1. The Labute approximate surface area is 246 Å². The number of benzene rings is 1. The number of para-hydroxylation sites is 1. The van der Waals surface area contributed by atoms with Crippen molar-refractivity contribution in [2.45, 2.75) is 43.6 Å². The maximum Gasteiger partial charge on any atom is 0.451 e. The Morgan fingerprint density at radius 2 is 1.75 bits per heavy atom. The van der Waals surface area contributed by atoms with Crippen molar-refractivity contribution in [3.63, 3.8) is 0 Å². The topological polar surface area (TPSA) is 123 Å². The van der Waals surface area contributed by atoms with E-state index in [0.717, 1.165) is 36.7 Å². The van der Waals surface area contributed by atoms with E-state index in [4.69, 9.17) is 9.47 Å². The molecule has 0 aliphatic carbocycles. The summed E-state index contributed by atoms with van der Waals surface area (Å²) in [6, 6.07) is 3.07. The fourth-order valence-corrected chi connectivity index (χ4v) is 4.42. The number of piperidine rings is 1. The van der Waals surface area contributed by atoms with Crippen molar-refractivity contribution in [3.8, 4) is 11.9 Å². The van der Waals surface area contributed by atoms with Crippen molar-refractivity contribution in [1.82, 2.24) is 24.8 Å². The summed E-state index contributed by atoms with van der Waals surface area (Å²) in [5.74, 6) is -4.29. The summed E-state index contributed by atoms with van der Waals surface area (Å²) in [4.78, 5) is 28.7. The van der Waals surface area contributed by atoms with Gasteiger partial charge in [-0.3, -0.25) is 0 Å². The molecule has 10 nitrogen and oxygen atoms in total. The van der Waals surface area contributed by atoms with Gasteiger partial charge in [0.1, 0.15) is 42.9 Å². The molecule has 1 saturated heterocycles. The average Bonchev–Trinajstić information content (AvgIpc) is 3.00. The van der Waals surface area contributed by atoms with Gasteiger partial charge in [0, 0.05) is 43.0 Å². The molecule has 1 aliphatic rings. The minimum atomic E-state index is -4.83. The highest BCUT2D eigenvalue weighted by atomic mass is 19.4. The number of carbonyl (C=O) groups excluding carboxylic acids is 1. The number of hydrogen-bond acceptors (Lipinski definition) is 8. The van der Waals surface area contributed by atoms with Crippen LogP contribution in [0.4, 0.5) is 41.2 Å². The zero-order valence-electron chi connectivity index (χ0n) is 23.1. The Hall–Kier alpha value is -4.28. The first-order chi connectivity index (χ1) is 20.8. The van der Waals surface area contributed by atoms with Gasteiger partial charge in [0.2, 0.25) is 11.7 Å². The molecule has 1 atom stereocenters. The van der Waals surface area contributed by atoms with Crippen molar-refractivity contribution in [1.29, 1.82) is 0 Å². The van der Waals surface area contributed by atoms with Crippen molar-refractivity contribution in [2.75, 3.05) is 38.4 Å². The number of likely N-dealkylation sites (tertiary alicyclic amines) is 1. The Morgan fingerprint density at radius 1 is 1.09 bits per heavy atom. The molecule has 1 unspecified atom stereocenters. The minimum Gasteiger partial charge on any atom is -0.474 e. The molecule has 1 aromatic carbocycles. The number of rotatable bonds is 10. The largest absolute Gasteiger partial charge is 0.474 e. The van der Waals surface area contributed by atoms with Crippen LogP contribution in [0.3, 0.4) is 0 Å². The third-order valence-electron chi connectivity index (χ3n) is 6.74. The molecule has 3 heterocycles. The lowest BCUT2D eigenvalue weighted by Crippen LogP contribution is -2.41. The molecule has 238 valence electrons. The number of alkyl halides is 5. The fourth-order valence-electron chi connectivity index (χ4n) is 4.42. The number of halogens is 7. The number of anilines is 1. The highest BCUT2D eigenvalue weighted by Crippen LogP contribution is 2.36. The first-order valence-corrected chi connectivity index (χ1v) is 13.2. The summed E-state index contributed by atoms with van der Waals surface area (Å²) in [5.41, 5.74) is -2.27. The molecule has 0 radical (unpaired) electrons. The van der Waals surface area contributed by atoms with Gasteiger partial charge in [0.05, 0.1) is 5.69 Å². The van der Waals surface area contributed by atoms with Crippen LogP contribution in [0.5, 0.6) is 11.9 Å².